The van der Waals surface area contributed by atoms with E-state index in [0.29, 0.717) is 0 Å². The molecule has 108 valence electrons. The third-order valence-corrected chi connectivity index (χ3v) is 4.60. The van der Waals surface area contributed by atoms with E-state index in [1.54, 1.807) is 12.1 Å². The number of nitrogens with zero attached hydrogens (tertiary/aromatic N) is 1. The van der Waals surface area contributed by atoms with Crippen molar-refractivity contribution in [3.63, 3.8) is 0 Å². The van der Waals surface area contributed by atoms with Crippen LogP contribution in [0, 0.1) is 6.92 Å². The van der Waals surface area contributed by atoms with Gasteiger partial charge in [-0.3, -0.25) is 0 Å². The predicted octanol–water partition coefficient (Wildman–Crippen LogP) is 3.29. The fraction of sp³-hybridized carbons (Fsp3) is 0.308. The molecule has 0 atom stereocenters. The molecule has 20 heavy (non-hydrogen) atoms. The number of nitrogens with one attached hydrogen (secondary N) is 1. The van der Waals surface area contributed by atoms with E-state index in [2.05, 4.69) is 10.3 Å². The quantitative estimate of drug-likeness (QED) is 0.937. The lowest BCUT2D eigenvalue weighted by atomic mass is 10.2. The van der Waals surface area contributed by atoms with Crippen LogP contribution in [0.25, 0.3) is 0 Å². The lowest BCUT2D eigenvalue weighted by molar-refractivity contribution is 0.561. The maximum Gasteiger partial charge on any atom is 0.297 e. The minimum atomic E-state index is -3.78. The van der Waals surface area contributed by atoms with Crippen LogP contribution in [0.3, 0.4) is 0 Å². The molecule has 1 N–H and O–H groups in total. The number of rotatable bonds is 4. The Labute approximate surface area is 122 Å². The summed E-state index contributed by atoms with van der Waals surface area (Å²) < 4.78 is 30.0. The van der Waals surface area contributed by atoms with E-state index in [9.17, 15) is 8.42 Å². The van der Waals surface area contributed by atoms with Crippen LogP contribution in [0.2, 0.25) is 5.22 Å². The van der Waals surface area contributed by atoms with Crippen molar-refractivity contribution in [2.45, 2.75) is 36.7 Å². The van der Waals surface area contributed by atoms with Crippen LogP contribution in [0.5, 0.6) is 0 Å². The van der Waals surface area contributed by atoms with Crippen molar-refractivity contribution in [1.29, 1.82) is 0 Å². The molecule has 2 rings (SSSR count). The second-order valence-electron chi connectivity index (χ2n) is 4.71. The van der Waals surface area contributed by atoms with Gasteiger partial charge in [-0.25, -0.2) is 8.42 Å². The van der Waals surface area contributed by atoms with Crippen LogP contribution >= 0.6 is 11.6 Å². The third kappa shape index (κ3) is 2.96. The van der Waals surface area contributed by atoms with Crippen LogP contribution in [0.1, 0.15) is 19.4 Å². The molecule has 0 bridgehead atoms. The van der Waals surface area contributed by atoms with Gasteiger partial charge in [-0.1, -0.05) is 17.7 Å². The molecule has 0 saturated heterocycles. The van der Waals surface area contributed by atoms with Gasteiger partial charge in [0.25, 0.3) is 6.01 Å². The number of benzene rings is 1. The third-order valence-electron chi connectivity index (χ3n) is 2.56. The highest BCUT2D eigenvalue weighted by Crippen LogP contribution is 2.29. The molecule has 1 heterocycles. The second kappa shape index (κ2) is 5.46. The first kappa shape index (κ1) is 14.9. The highest BCUT2D eigenvalue weighted by molar-refractivity contribution is 7.91. The molecule has 0 fully saturated rings. The van der Waals surface area contributed by atoms with Gasteiger partial charge in [0.1, 0.15) is 0 Å². The van der Waals surface area contributed by atoms with E-state index in [0.717, 1.165) is 5.56 Å². The summed E-state index contributed by atoms with van der Waals surface area (Å²) in [6.07, 6.45) is 0. The maximum atomic E-state index is 12.4. The van der Waals surface area contributed by atoms with Crippen LogP contribution < -0.4 is 5.32 Å². The van der Waals surface area contributed by atoms with Crippen molar-refractivity contribution in [3.05, 3.63) is 35.0 Å². The van der Waals surface area contributed by atoms with Crippen LogP contribution in [0.15, 0.2) is 38.6 Å². The first-order chi connectivity index (χ1) is 9.30. The molecule has 0 saturated carbocycles. The molecule has 1 aromatic heterocycles. The number of anilines is 1. The maximum absolute atomic E-state index is 12.4. The van der Waals surface area contributed by atoms with Gasteiger partial charge in [0, 0.05) is 6.04 Å². The van der Waals surface area contributed by atoms with E-state index >= 15 is 0 Å². The first-order valence-corrected chi connectivity index (χ1v) is 7.91. The lowest BCUT2D eigenvalue weighted by Crippen LogP contribution is -2.10. The zero-order valence-electron chi connectivity index (χ0n) is 11.3. The summed E-state index contributed by atoms with van der Waals surface area (Å²) in [7, 11) is -3.78. The van der Waals surface area contributed by atoms with Gasteiger partial charge in [-0.15, -0.1) is 0 Å². The largest absolute Gasteiger partial charge is 0.410 e. The van der Waals surface area contributed by atoms with Crippen molar-refractivity contribution in [2.24, 2.45) is 0 Å². The van der Waals surface area contributed by atoms with Crippen molar-refractivity contribution >= 4 is 27.5 Å². The second-order valence-corrected chi connectivity index (χ2v) is 6.92. The number of hydrogen-bond donors (Lipinski definition) is 1. The highest BCUT2D eigenvalue weighted by Gasteiger charge is 2.27. The summed E-state index contributed by atoms with van der Waals surface area (Å²) >= 11 is 5.85. The summed E-state index contributed by atoms with van der Waals surface area (Å²) in [5.41, 5.74) is 0.970. The van der Waals surface area contributed by atoms with Crippen molar-refractivity contribution in [2.75, 3.05) is 5.32 Å². The van der Waals surface area contributed by atoms with E-state index < -0.39 is 9.84 Å². The SMILES string of the molecule is Cc1ccc(S(=O)(=O)c2nc(NC(C)C)oc2Cl)cc1. The highest BCUT2D eigenvalue weighted by atomic mass is 35.5. The summed E-state index contributed by atoms with van der Waals surface area (Å²) in [4.78, 5) is 4.06. The fourth-order valence-corrected chi connectivity index (χ4v) is 3.18. The smallest absolute Gasteiger partial charge is 0.297 e. The van der Waals surface area contributed by atoms with Crippen molar-refractivity contribution < 1.29 is 12.8 Å². The molecule has 7 heteroatoms. The summed E-state index contributed by atoms with van der Waals surface area (Å²) in [5, 5.41) is 2.36. The molecule has 2 aromatic rings. The molecule has 0 aliphatic carbocycles. The minimum absolute atomic E-state index is 0.0552. The Balaban J connectivity index is 2.44. The number of hydrogen-bond acceptors (Lipinski definition) is 5. The summed E-state index contributed by atoms with van der Waals surface area (Å²) in [6.45, 7) is 5.64. The minimum Gasteiger partial charge on any atom is -0.410 e. The molecular weight excluding hydrogens is 300 g/mol. The number of halogens is 1. The molecule has 0 spiro atoms. The van der Waals surface area contributed by atoms with Gasteiger partial charge in [-0.2, -0.15) is 4.98 Å². The Hall–Kier alpha value is -1.53. The van der Waals surface area contributed by atoms with E-state index in [4.69, 9.17) is 16.0 Å². The summed E-state index contributed by atoms with van der Waals surface area (Å²) in [6, 6.07) is 6.62. The standard InChI is InChI=1S/C13H15ClN2O3S/c1-8(2)15-13-16-12(11(14)19-13)20(17,18)10-6-4-9(3)5-7-10/h4-8H,1-3H3,(H,15,16). The molecule has 0 radical (unpaired) electrons. The first-order valence-electron chi connectivity index (χ1n) is 6.05. The normalized spacial score (nSPS) is 11.8. The summed E-state index contributed by atoms with van der Waals surface area (Å²) in [5.74, 6) is 0. The van der Waals surface area contributed by atoms with Crippen molar-refractivity contribution in [3.8, 4) is 0 Å². The van der Waals surface area contributed by atoms with Gasteiger partial charge in [0.15, 0.2) is 0 Å². The predicted molar refractivity (Wildman–Crippen MR) is 76.9 cm³/mol. The van der Waals surface area contributed by atoms with Crippen LogP contribution in [-0.2, 0) is 9.84 Å². The Bertz CT molecular complexity index is 706. The lowest BCUT2D eigenvalue weighted by Gasteiger charge is -2.03. The van der Waals surface area contributed by atoms with Crippen LogP contribution in [-0.4, -0.2) is 19.4 Å². The number of aromatic nitrogens is 1. The molecule has 0 aliphatic heterocycles. The molecule has 1 aromatic carbocycles. The van der Waals surface area contributed by atoms with E-state index in [1.807, 2.05) is 20.8 Å². The van der Waals surface area contributed by atoms with E-state index in [1.165, 1.54) is 12.1 Å². The average molecular weight is 315 g/mol. The van der Waals surface area contributed by atoms with Crippen molar-refractivity contribution in [1.82, 2.24) is 4.98 Å². The molecule has 5 nitrogen and oxygen atoms in total. The Morgan fingerprint density at radius 1 is 1.25 bits per heavy atom. The monoisotopic (exact) mass is 314 g/mol. The molecule has 0 aliphatic rings. The Morgan fingerprint density at radius 2 is 1.85 bits per heavy atom. The van der Waals surface area contributed by atoms with Crippen LogP contribution in [0.4, 0.5) is 6.01 Å². The van der Waals surface area contributed by atoms with Gasteiger partial charge < -0.3 is 9.73 Å². The topological polar surface area (TPSA) is 72.2 Å². The Kier molecular flexibility index (Phi) is 4.06. The number of aryl methyl sites for hydroxylation is 1. The molecular formula is C13H15ClN2O3S. The van der Waals surface area contributed by atoms with Gasteiger partial charge in [0.2, 0.25) is 20.1 Å². The van der Waals surface area contributed by atoms with E-state index in [-0.39, 0.29) is 27.2 Å². The molecule has 0 unspecified atom stereocenters. The average Bonchev–Trinajstić information content (AvgIpc) is 2.70. The van der Waals surface area contributed by atoms with Gasteiger partial charge in [0.05, 0.1) is 4.90 Å². The molecule has 0 amide bonds. The van der Waals surface area contributed by atoms with Gasteiger partial charge in [-0.05, 0) is 44.5 Å². The fourth-order valence-electron chi connectivity index (χ4n) is 1.59. The number of sulfone groups is 1. The Morgan fingerprint density at radius 3 is 2.40 bits per heavy atom. The zero-order valence-corrected chi connectivity index (χ0v) is 12.9. The number of oxazole rings is 1. The van der Waals surface area contributed by atoms with Gasteiger partial charge >= 0.3 is 0 Å². The zero-order chi connectivity index (χ0) is 14.9.